The van der Waals surface area contributed by atoms with E-state index in [1.165, 1.54) is 0 Å². The van der Waals surface area contributed by atoms with Crippen molar-refractivity contribution in [2.45, 2.75) is 312 Å². The van der Waals surface area contributed by atoms with E-state index in [0.717, 1.165) is 177 Å². The van der Waals surface area contributed by atoms with E-state index >= 15 is 0 Å². The molecule has 600 valence electrons. The van der Waals surface area contributed by atoms with Crippen molar-refractivity contribution in [1.29, 1.82) is 0 Å². The summed E-state index contributed by atoms with van der Waals surface area (Å²) in [6.45, 7) is 39.1. The molecule has 0 aromatic heterocycles. The third-order valence-electron chi connectivity index (χ3n) is 17.4. The maximum atomic E-state index is 11.7. The summed E-state index contributed by atoms with van der Waals surface area (Å²) in [5, 5.41) is 46.7. The fraction of sp³-hybridized carbons (Fsp3) is 0.714. The first-order valence-electron chi connectivity index (χ1n) is 39.6. The average Bonchev–Trinajstić information content (AvgIpc) is 0.828. The van der Waals surface area contributed by atoms with Crippen molar-refractivity contribution in [3.63, 3.8) is 0 Å². The standard InChI is InChI=1S/4C21H36O5.Zr/c4*1-5-8-15-23-19-13-11-18(12-14-19)21(4,26-22)20(24-16-9-6-2)25-17-10-7-3;/h4*11-14,20,22H,5-10,15-17H2,1-4H3;/q;;;;+4/p-4. The summed E-state index contributed by atoms with van der Waals surface area (Å²) in [7, 11) is 0. The van der Waals surface area contributed by atoms with Gasteiger partial charge in [0.05, 0.1) is 26.4 Å². The molecule has 4 rings (SSSR count). The van der Waals surface area contributed by atoms with Gasteiger partial charge in [0.1, 0.15) is 45.4 Å². The quantitative estimate of drug-likeness (QED) is 0.0173. The summed E-state index contributed by atoms with van der Waals surface area (Å²) in [4.78, 5) is 18.6. The van der Waals surface area contributed by atoms with E-state index < -0.39 is 47.6 Å². The van der Waals surface area contributed by atoms with Crippen LogP contribution in [0, 0.1) is 0 Å². The van der Waals surface area contributed by atoms with E-state index in [1.54, 1.807) is 27.7 Å². The van der Waals surface area contributed by atoms with Gasteiger partial charge in [-0.05, 0) is 176 Å². The van der Waals surface area contributed by atoms with Gasteiger partial charge in [0, 0.05) is 52.9 Å². The van der Waals surface area contributed by atoms with E-state index in [0.29, 0.717) is 102 Å². The summed E-state index contributed by atoms with van der Waals surface area (Å²) >= 11 is 0. The molecule has 0 aliphatic rings. The second-order valence-electron chi connectivity index (χ2n) is 26.8. The Kier molecular flexibility index (Phi) is 61.8. The molecule has 4 aromatic carbocycles. The van der Waals surface area contributed by atoms with E-state index in [9.17, 15) is 21.0 Å². The molecule has 0 amide bonds. The van der Waals surface area contributed by atoms with Gasteiger partial charge in [-0.25, -0.2) is 0 Å². The second kappa shape index (κ2) is 64.0. The smallest absolute Gasteiger partial charge is 0.722 e. The molecule has 0 spiro atoms. The van der Waals surface area contributed by atoms with E-state index in [4.69, 9.17) is 56.8 Å². The molecular formula is C84H140O20Zr. The Hall–Kier alpha value is -3.68. The topological polar surface area (TPSA) is 240 Å². The Labute approximate surface area is 653 Å². The Bertz CT molecular complexity index is 2170. The van der Waals surface area contributed by atoms with Gasteiger partial charge in [-0.1, -0.05) is 209 Å². The summed E-state index contributed by atoms with van der Waals surface area (Å²) < 4.78 is 69.7. The van der Waals surface area contributed by atoms with Crippen LogP contribution in [0.1, 0.15) is 287 Å². The molecule has 0 radical (unpaired) electrons. The molecule has 4 aromatic rings. The monoisotopic (exact) mass is 1560 g/mol. The third-order valence-corrected chi connectivity index (χ3v) is 17.4. The largest absolute Gasteiger partial charge is 4.00 e. The Morgan fingerprint density at radius 3 is 0.457 bits per heavy atom. The van der Waals surface area contributed by atoms with Crippen molar-refractivity contribution in [3.8, 4) is 23.0 Å². The number of benzene rings is 4. The minimum Gasteiger partial charge on any atom is -0.722 e. The molecule has 0 bridgehead atoms. The van der Waals surface area contributed by atoms with Crippen LogP contribution in [0.2, 0.25) is 0 Å². The summed E-state index contributed by atoms with van der Waals surface area (Å²) in [6, 6.07) is 29.6. The number of rotatable bonds is 60. The molecule has 0 heterocycles. The van der Waals surface area contributed by atoms with Crippen LogP contribution in [0.5, 0.6) is 23.0 Å². The molecule has 0 saturated heterocycles. The zero-order valence-corrected chi connectivity index (χ0v) is 70.1. The minimum absolute atomic E-state index is 0. The molecule has 0 saturated carbocycles. The molecule has 0 N–H and O–H groups in total. The molecule has 4 unspecified atom stereocenters. The molecule has 20 nitrogen and oxygen atoms in total. The van der Waals surface area contributed by atoms with Crippen molar-refractivity contribution in [3.05, 3.63) is 119 Å². The molecule has 4 atom stereocenters. The van der Waals surface area contributed by atoms with Crippen LogP contribution in [0.4, 0.5) is 0 Å². The fourth-order valence-electron chi connectivity index (χ4n) is 9.90. The van der Waals surface area contributed by atoms with Crippen molar-refractivity contribution in [1.82, 2.24) is 0 Å². The SMILES string of the molecule is CCCCOc1ccc(C(C)(O[O-])C(OCCCC)OCCCC)cc1.CCCCOc1ccc(C(C)(O[O-])C(OCCCC)OCCCC)cc1.CCCCOc1ccc(C(C)(O[O-])C(OCCCC)OCCCC)cc1.CCCCOc1ccc(C(C)(O[O-])C(OCCCC)OCCCC)cc1.[Zr+4]. The van der Waals surface area contributed by atoms with Crippen molar-refractivity contribution in [2.75, 3.05) is 79.3 Å². The first-order chi connectivity index (χ1) is 50.5. The fourth-order valence-corrected chi connectivity index (χ4v) is 9.90. The van der Waals surface area contributed by atoms with Gasteiger partial charge in [0.25, 0.3) is 0 Å². The zero-order chi connectivity index (χ0) is 77.0. The zero-order valence-electron chi connectivity index (χ0n) is 67.7. The van der Waals surface area contributed by atoms with Gasteiger partial charge in [-0.3, -0.25) is 0 Å². The van der Waals surface area contributed by atoms with Gasteiger partial charge < -0.3 is 97.4 Å². The Morgan fingerprint density at radius 2 is 0.343 bits per heavy atom. The Morgan fingerprint density at radius 1 is 0.219 bits per heavy atom. The summed E-state index contributed by atoms with van der Waals surface area (Å²) in [5.74, 6) is 3.13. The van der Waals surface area contributed by atoms with E-state index in [-0.39, 0.29) is 26.2 Å². The van der Waals surface area contributed by atoms with E-state index in [1.807, 2.05) is 97.1 Å². The van der Waals surface area contributed by atoms with Crippen molar-refractivity contribution in [2.24, 2.45) is 0 Å². The minimum atomic E-state index is -1.22. The van der Waals surface area contributed by atoms with E-state index in [2.05, 4.69) is 103 Å². The number of unbranched alkanes of at least 4 members (excludes halogenated alkanes) is 12. The third kappa shape index (κ3) is 39.7. The molecule has 0 aliphatic heterocycles. The van der Waals surface area contributed by atoms with Gasteiger partial charge >= 0.3 is 26.2 Å². The molecule has 0 aliphatic carbocycles. The van der Waals surface area contributed by atoms with Crippen LogP contribution in [0.15, 0.2) is 97.1 Å². The molecule has 105 heavy (non-hydrogen) atoms. The summed E-state index contributed by atoms with van der Waals surface area (Å²) in [5.41, 5.74) is -2.01. The van der Waals surface area contributed by atoms with Crippen LogP contribution in [-0.4, -0.2) is 104 Å². The average molecular weight is 1560 g/mol. The van der Waals surface area contributed by atoms with Crippen LogP contribution >= 0.6 is 0 Å². The summed E-state index contributed by atoms with van der Waals surface area (Å²) in [6.07, 6.45) is 20.8. The molecule has 0 fully saturated rings. The van der Waals surface area contributed by atoms with Crippen LogP contribution in [0.3, 0.4) is 0 Å². The van der Waals surface area contributed by atoms with Gasteiger partial charge in [-0.2, -0.15) is 0 Å². The Balaban J connectivity index is 0.00000137. The first kappa shape index (κ1) is 101. The van der Waals surface area contributed by atoms with Gasteiger partial charge in [0.15, 0.2) is 25.2 Å². The maximum absolute atomic E-state index is 11.7. The number of ether oxygens (including phenoxy) is 12. The van der Waals surface area contributed by atoms with Crippen LogP contribution < -0.4 is 40.0 Å². The predicted molar refractivity (Wildman–Crippen MR) is 403 cm³/mol. The van der Waals surface area contributed by atoms with Crippen molar-refractivity contribution < 1.29 is 124 Å². The van der Waals surface area contributed by atoms with Gasteiger partial charge in [0.2, 0.25) is 0 Å². The number of hydrogen-bond acceptors (Lipinski definition) is 20. The van der Waals surface area contributed by atoms with Crippen molar-refractivity contribution >= 4 is 0 Å². The van der Waals surface area contributed by atoms with Crippen LogP contribution in [0.25, 0.3) is 0 Å². The maximum Gasteiger partial charge on any atom is 4.00 e. The first-order valence-corrected chi connectivity index (χ1v) is 39.6. The molecule has 21 heteroatoms. The normalized spacial score (nSPS) is 13.6. The second-order valence-corrected chi connectivity index (χ2v) is 26.8. The molecular weight excluding hydrogens is 1420 g/mol. The number of hydrogen-bond donors (Lipinski definition) is 0. The van der Waals surface area contributed by atoms with Crippen LogP contribution in [-0.2, 0) is 106 Å². The predicted octanol–water partition coefficient (Wildman–Crippen LogP) is 17.3. The van der Waals surface area contributed by atoms with Gasteiger partial charge in [-0.15, -0.1) is 0 Å².